The number of aromatic nitrogens is 1. The molecule has 1 heterocycles. The molecular formula is C15H16N4O3S2. The van der Waals surface area contributed by atoms with Gasteiger partial charge in [-0.1, -0.05) is 13.8 Å². The quantitative estimate of drug-likeness (QED) is 0.816. The van der Waals surface area contributed by atoms with E-state index in [1.807, 2.05) is 19.9 Å². The van der Waals surface area contributed by atoms with Crippen LogP contribution in [0.1, 0.15) is 24.2 Å². The van der Waals surface area contributed by atoms with Crippen molar-refractivity contribution in [1.29, 1.82) is 5.26 Å². The molecule has 0 aliphatic carbocycles. The molecule has 0 saturated heterocycles. The molecule has 0 radical (unpaired) electrons. The largest absolute Gasteiger partial charge is 0.336 e. The number of hydrogen-bond donors (Lipinski definition) is 2. The molecule has 2 rings (SSSR count). The normalized spacial score (nSPS) is 12.4. The van der Waals surface area contributed by atoms with Crippen molar-refractivity contribution < 1.29 is 13.2 Å². The molecule has 1 atom stereocenters. The van der Waals surface area contributed by atoms with E-state index in [4.69, 9.17) is 5.26 Å². The first-order valence-electron chi connectivity index (χ1n) is 7.06. The van der Waals surface area contributed by atoms with Crippen molar-refractivity contribution in [2.45, 2.75) is 24.8 Å². The molecule has 2 aromatic rings. The summed E-state index contributed by atoms with van der Waals surface area (Å²) in [6.45, 7) is 3.65. The van der Waals surface area contributed by atoms with Crippen molar-refractivity contribution >= 4 is 32.4 Å². The highest BCUT2D eigenvalue weighted by molar-refractivity contribution is 7.93. The molecule has 2 N–H and O–H groups in total. The number of carbonyl (C=O) groups is 1. The van der Waals surface area contributed by atoms with Crippen molar-refractivity contribution in [3.05, 3.63) is 41.4 Å². The maximum Gasteiger partial charge on any atom is 0.263 e. The van der Waals surface area contributed by atoms with Gasteiger partial charge in [-0.05, 0) is 30.2 Å². The van der Waals surface area contributed by atoms with Gasteiger partial charge in [0.1, 0.15) is 6.04 Å². The third-order valence-corrected chi connectivity index (χ3v) is 5.35. The van der Waals surface area contributed by atoms with Gasteiger partial charge in [0.05, 0.1) is 11.0 Å². The minimum atomic E-state index is -3.75. The molecule has 0 aliphatic rings. The molecule has 0 aliphatic heterocycles. The molecule has 0 fully saturated rings. The van der Waals surface area contributed by atoms with Crippen molar-refractivity contribution in [2.75, 3.05) is 4.72 Å². The molecule has 1 unspecified atom stereocenters. The van der Waals surface area contributed by atoms with Crippen molar-refractivity contribution in [2.24, 2.45) is 5.92 Å². The fourth-order valence-electron chi connectivity index (χ4n) is 1.81. The minimum Gasteiger partial charge on any atom is -0.336 e. The predicted molar refractivity (Wildman–Crippen MR) is 91.1 cm³/mol. The van der Waals surface area contributed by atoms with Gasteiger partial charge < -0.3 is 5.32 Å². The van der Waals surface area contributed by atoms with Crippen molar-refractivity contribution in [3.63, 3.8) is 0 Å². The average Bonchev–Trinajstić information content (AvgIpc) is 3.04. The molecular weight excluding hydrogens is 348 g/mol. The van der Waals surface area contributed by atoms with E-state index in [2.05, 4.69) is 15.0 Å². The molecule has 1 aromatic carbocycles. The first-order chi connectivity index (χ1) is 11.3. The smallest absolute Gasteiger partial charge is 0.263 e. The molecule has 126 valence electrons. The summed E-state index contributed by atoms with van der Waals surface area (Å²) in [6, 6.07) is 6.89. The molecule has 9 heteroatoms. The number of rotatable bonds is 6. The number of thiazole rings is 1. The standard InChI is InChI=1S/C15H16N4O3S2/c1-10(2)13(9-16)18-14(20)11-3-5-12(6-4-11)24(21,22)19-15-17-7-8-23-15/h3-8,10,13H,1-2H3,(H,17,19)(H,18,20). The molecule has 0 bridgehead atoms. The zero-order valence-electron chi connectivity index (χ0n) is 13.1. The fraction of sp³-hybridized carbons (Fsp3) is 0.267. The van der Waals surface area contributed by atoms with Crippen LogP contribution in [0.3, 0.4) is 0 Å². The van der Waals surface area contributed by atoms with E-state index in [0.717, 1.165) is 0 Å². The van der Waals surface area contributed by atoms with Crippen LogP contribution < -0.4 is 10.0 Å². The Labute approximate surface area is 144 Å². The zero-order chi connectivity index (χ0) is 17.7. The van der Waals surface area contributed by atoms with E-state index >= 15 is 0 Å². The molecule has 0 spiro atoms. The van der Waals surface area contributed by atoms with Gasteiger partial charge in [-0.15, -0.1) is 11.3 Å². The Morgan fingerprint density at radius 1 is 1.29 bits per heavy atom. The van der Waals surface area contributed by atoms with E-state index in [9.17, 15) is 13.2 Å². The Morgan fingerprint density at radius 2 is 1.96 bits per heavy atom. The van der Waals surface area contributed by atoms with Gasteiger partial charge in [-0.2, -0.15) is 5.26 Å². The number of anilines is 1. The average molecular weight is 364 g/mol. The highest BCUT2D eigenvalue weighted by Crippen LogP contribution is 2.18. The number of benzene rings is 1. The number of sulfonamides is 1. The van der Waals surface area contributed by atoms with Crippen molar-refractivity contribution in [3.8, 4) is 6.07 Å². The second-order valence-electron chi connectivity index (χ2n) is 5.29. The summed E-state index contributed by atoms with van der Waals surface area (Å²) >= 11 is 1.17. The van der Waals surface area contributed by atoms with E-state index < -0.39 is 22.0 Å². The predicted octanol–water partition coefficient (Wildman–Crippen LogP) is 2.22. The van der Waals surface area contributed by atoms with Gasteiger partial charge in [0.2, 0.25) is 0 Å². The summed E-state index contributed by atoms with van der Waals surface area (Å²) in [5, 5.41) is 13.5. The zero-order valence-corrected chi connectivity index (χ0v) is 14.7. The van der Waals surface area contributed by atoms with Gasteiger partial charge in [0, 0.05) is 17.1 Å². The highest BCUT2D eigenvalue weighted by Gasteiger charge is 2.18. The SMILES string of the molecule is CC(C)C(C#N)NC(=O)c1ccc(S(=O)(=O)Nc2nccs2)cc1. The maximum atomic E-state index is 12.2. The van der Waals surface area contributed by atoms with E-state index in [1.165, 1.54) is 41.8 Å². The van der Waals surface area contributed by atoms with Gasteiger partial charge in [0.15, 0.2) is 5.13 Å². The minimum absolute atomic E-state index is 0.0231. The van der Waals surface area contributed by atoms with Crippen LogP contribution >= 0.6 is 11.3 Å². The number of nitrogens with one attached hydrogen (secondary N) is 2. The third-order valence-electron chi connectivity index (χ3n) is 3.17. The molecule has 24 heavy (non-hydrogen) atoms. The first-order valence-corrected chi connectivity index (χ1v) is 9.42. The number of amides is 1. The number of carbonyl (C=O) groups excluding carboxylic acids is 1. The number of nitriles is 1. The van der Waals surface area contributed by atoms with Crippen LogP contribution in [-0.2, 0) is 10.0 Å². The lowest BCUT2D eigenvalue weighted by molar-refractivity contribution is 0.0937. The molecule has 1 amide bonds. The first kappa shape index (κ1) is 17.9. The molecule has 7 nitrogen and oxygen atoms in total. The van der Waals surface area contributed by atoms with Crippen LogP contribution in [-0.4, -0.2) is 25.4 Å². The third kappa shape index (κ3) is 4.31. The second kappa shape index (κ2) is 7.42. The summed E-state index contributed by atoms with van der Waals surface area (Å²) in [4.78, 5) is 16.0. The van der Waals surface area contributed by atoms with Gasteiger partial charge in [-0.3, -0.25) is 9.52 Å². The summed E-state index contributed by atoms with van der Waals surface area (Å²) in [5.74, 6) is -0.451. The monoisotopic (exact) mass is 364 g/mol. The van der Waals surface area contributed by atoms with Crippen LogP contribution in [0.2, 0.25) is 0 Å². The topological polar surface area (TPSA) is 112 Å². The molecule has 1 aromatic heterocycles. The summed E-state index contributed by atoms with van der Waals surface area (Å²) in [6.07, 6.45) is 1.50. The van der Waals surface area contributed by atoms with E-state index in [-0.39, 0.29) is 21.5 Å². The Morgan fingerprint density at radius 3 is 2.46 bits per heavy atom. The fourth-order valence-corrected chi connectivity index (χ4v) is 3.59. The van der Waals surface area contributed by atoms with Gasteiger partial charge >= 0.3 is 0 Å². The Balaban J connectivity index is 2.13. The molecule has 0 saturated carbocycles. The van der Waals surface area contributed by atoms with Crippen LogP contribution in [0.25, 0.3) is 0 Å². The Hall–Kier alpha value is -2.44. The van der Waals surface area contributed by atoms with E-state index in [0.29, 0.717) is 0 Å². The number of nitrogens with zero attached hydrogens (tertiary/aromatic N) is 2. The second-order valence-corrected chi connectivity index (χ2v) is 7.87. The Kier molecular flexibility index (Phi) is 5.54. The van der Waals surface area contributed by atoms with Crippen molar-refractivity contribution in [1.82, 2.24) is 10.3 Å². The highest BCUT2D eigenvalue weighted by atomic mass is 32.2. The summed E-state index contributed by atoms with van der Waals surface area (Å²) in [5.41, 5.74) is 0.282. The van der Waals surface area contributed by atoms with E-state index in [1.54, 1.807) is 5.38 Å². The lowest BCUT2D eigenvalue weighted by atomic mass is 10.1. The van der Waals surface area contributed by atoms with Crippen LogP contribution in [0.4, 0.5) is 5.13 Å². The van der Waals surface area contributed by atoms with Gasteiger partial charge in [-0.25, -0.2) is 13.4 Å². The van der Waals surface area contributed by atoms with Gasteiger partial charge in [0.25, 0.3) is 15.9 Å². The van der Waals surface area contributed by atoms with Crippen LogP contribution in [0, 0.1) is 17.2 Å². The van der Waals surface area contributed by atoms with Crippen LogP contribution in [0.5, 0.6) is 0 Å². The number of hydrogen-bond acceptors (Lipinski definition) is 6. The summed E-state index contributed by atoms with van der Waals surface area (Å²) < 4.78 is 26.8. The Bertz CT molecular complexity index is 838. The lowest BCUT2D eigenvalue weighted by Crippen LogP contribution is -2.37. The van der Waals surface area contributed by atoms with Crippen LogP contribution in [0.15, 0.2) is 40.7 Å². The lowest BCUT2D eigenvalue weighted by Gasteiger charge is -2.15. The maximum absolute atomic E-state index is 12.2. The summed E-state index contributed by atoms with van der Waals surface area (Å²) in [7, 11) is -3.75.